The summed E-state index contributed by atoms with van der Waals surface area (Å²) >= 11 is 3.39. The zero-order valence-electron chi connectivity index (χ0n) is 9.77. The summed E-state index contributed by atoms with van der Waals surface area (Å²) in [5, 5.41) is 7.71. The molecule has 18 heavy (non-hydrogen) atoms. The highest BCUT2D eigenvalue weighted by molar-refractivity contribution is 9.10. The van der Waals surface area contributed by atoms with Crippen LogP contribution in [0, 0.1) is 5.92 Å². The largest absolute Gasteiger partial charge is 0.368 e. The molecule has 1 saturated carbocycles. The van der Waals surface area contributed by atoms with Crippen molar-refractivity contribution in [1.82, 2.24) is 14.6 Å². The molecule has 6 heteroatoms. The molecule has 1 N–H and O–H groups in total. The molecule has 94 valence electrons. The summed E-state index contributed by atoms with van der Waals surface area (Å²) < 4.78 is 2.57. The van der Waals surface area contributed by atoms with Crippen molar-refractivity contribution in [2.75, 3.05) is 11.9 Å². The van der Waals surface area contributed by atoms with E-state index in [9.17, 15) is 4.79 Å². The van der Waals surface area contributed by atoms with Gasteiger partial charge in [0.1, 0.15) is 16.2 Å². The molecule has 0 spiro atoms. The maximum Gasteiger partial charge on any atom is 0.154 e. The minimum Gasteiger partial charge on any atom is -0.368 e. The number of carbonyl (C=O) groups is 1. The number of halogens is 1. The second-order valence-electron chi connectivity index (χ2n) is 4.60. The van der Waals surface area contributed by atoms with Crippen LogP contribution in [0.2, 0.25) is 0 Å². The first-order valence-corrected chi connectivity index (χ1v) is 6.77. The van der Waals surface area contributed by atoms with Crippen LogP contribution in [0.4, 0.5) is 5.82 Å². The van der Waals surface area contributed by atoms with Crippen LogP contribution in [-0.2, 0) is 4.79 Å². The quantitative estimate of drug-likeness (QED) is 0.945. The Hall–Kier alpha value is -1.43. The van der Waals surface area contributed by atoms with E-state index in [2.05, 4.69) is 31.3 Å². The number of hydrogen-bond donors (Lipinski definition) is 1. The van der Waals surface area contributed by atoms with Gasteiger partial charge in [0.25, 0.3) is 0 Å². The molecule has 1 aliphatic carbocycles. The van der Waals surface area contributed by atoms with Crippen LogP contribution in [-0.4, -0.2) is 26.9 Å². The lowest BCUT2D eigenvalue weighted by Crippen LogP contribution is -2.13. The summed E-state index contributed by atoms with van der Waals surface area (Å²) in [5.74, 6) is 1.63. The van der Waals surface area contributed by atoms with Gasteiger partial charge in [-0.05, 0) is 40.4 Å². The van der Waals surface area contributed by atoms with Gasteiger partial charge in [-0.15, -0.1) is 5.10 Å². The van der Waals surface area contributed by atoms with Crippen LogP contribution in [0.15, 0.2) is 22.9 Å². The number of nitrogens with one attached hydrogen (secondary N) is 1. The number of rotatable bonds is 3. The molecule has 0 saturated heterocycles. The molecule has 0 bridgehead atoms. The van der Waals surface area contributed by atoms with Crippen molar-refractivity contribution >= 4 is 33.2 Å². The van der Waals surface area contributed by atoms with Crippen LogP contribution in [0.1, 0.15) is 19.3 Å². The highest BCUT2D eigenvalue weighted by atomic mass is 79.9. The number of Topliss-reactive ketones (excluding diaryl/α,β-unsaturated/α-hetero) is 1. The fourth-order valence-electron chi connectivity index (χ4n) is 2.25. The van der Waals surface area contributed by atoms with Crippen LogP contribution in [0.25, 0.3) is 5.65 Å². The minimum absolute atomic E-state index is 0.377. The minimum atomic E-state index is 0.377. The number of imidazole rings is 1. The Morgan fingerprint density at radius 2 is 2.39 bits per heavy atom. The molecule has 1 atom stereocenters. The molecule has 0 unspecified atom stereocenters. The van der Waals surface area contributed by atoms with Gasteiger partial charge in [-0.25, -0.2) is 9.50 Å². The van der Waals surface area contributed by atoms with E-state index in [0.717, 1.165) is 35.5 Å². The van der Waals surface area contributed by atoms with Crippen LogP contribution in [0.3, 0.4) is 0 Å². The maximum atomic E-state index is 11.2. The third-order valence-electron chi connectivity index (χ3n) is 3.24. The molecule has 0 aliphatic heterocycles. The van der Waals surface area contributed by atoms with Crippen molar-refractivity contribution in [2.24, 2.45) is 5.92 Å². The highest BCUT2D eigenvalue weighted by Crippen LogP contribution is 2.22. The number of carbonyl (C=O) groups excluding carboxylic acids is 1. The molecule has 2 aromatic heterocycles. The molecule has 2 heterocycles. The monoisotopic (exact) mass is 308 g/mol. The van der Waals surface area contributed by atoms with Gasteiger partial charge in [-0.2, -0.15) is 0 Å². The van der Waals surface area contributed by atoms with Crippen LogP contribution < -0.4 is 5.32 Å². The Balaban J connectivity index is 1.70. The Kier molecular flexibility index (Phi) is 3.03. The van der Waals surface area contributed by atoms with E-state index in [-0.39, 0.29) is 0 Å². The van der Waals surface area contributed by atoms with Crippen molar-refractivity contribution in [3.05, 3.63) is 22.9 Å². The van der Waals surface area contributed by atoms with E-state index >= 15 is 0 Å². The first kappa shape index (κ1) is 11.6. The van der Waals surface area contributed by atoms with Gasteiger partial charge in [-0.3, -0.25) is 4.79 Å². The summed E-state index contributed by atoms with van der Waals surface area (Å²) in [6, 6.07) is 3.82. The van der Waals surface area contributed by atoms with E-state index in [0.29, 0.717) is 18.1 Å². The third kappa shape index (κ3) is 2.25. The molecule has 0 radical (unpaired) electrons. The van der Waals surface area contributed by atoms with Crippen molar-refractivity contribution in [3.8, 4) is 0 Å². The lowest BCUT2D eigenvalue weighted by molar-refractivity contribution is -0.117. The van der Waals surface area contributed by atoms with Crippen molar-refractivity contribution in [1.29, 1.82) is 0 Å². The fourth-order valence-corrected chi connectivity index (χ4v) is 2.62. The van der Waals surface area contributed by atoms with Crippen molar-refractivity contribution in [3.63, 3.8) is 0 Å². The topological polar surface area (TPSA) is 59.3 Å². The summed E-state index contributed by atoms with van der Waals surface area (Å²) in [6.45, 7) is 0.802. The van der Waals surface area contributed by atoms with Gasteiger partial charge in [0.2, 0.25) is 0 Å². The molecule has 5 nitrogen and oxygen atoms in total. The zero-order chi connectivity index (χ0) is 12.5. The molecular formula is C12H13BrN4O. The van der Waals surface area contributed by atoms with E-state index in [1.165, 1.54) is 0 Å². The molecule has 2 aromatic rings. The predicted octanol–water partition coefficient (Wildman–Crippen LogP) is 2.27. The Morgan fingerprint density at radius 3 is 3.17 bits per heavy atom. The SMILES string of the molecule is O=C1CC[C@@H](CNc2ccc3ncc(Br)n3n2)C1. The molecular weight excluding hydrogens is 296 g/mol. The Morgan fingerprint density at radius 1 is 1.50 bits per heavy atom. The molecule has 1 aliphatic rings. The summed E-state index contributed by atoms with van der Waals surface area (Å²) in [7, 11) is 0. The second kappa shape index (κ2) is 4.68. The Labute approximate surface area is 113 Å². The standard InChI is InChI=1S/C12H13BrN4O/c13-10-7-15-12-4-3-11(16-17(10)12)14-6-8-1-2-9(18)5-8/h3-4,7-8H,1-2,5-6H2,(H,14,16)/t8-/m1/s1. The van der Waals surface area contributed by atoms with Gasteiger partial charge >= 0.3 is 0 Å². The van der Waals surface area contributed by atoms with Gasteiger partial charge in [0.15, 0.2) is 5.65 Å². The number of fused-ring (bicyclic) bond motifs is 1. The van der Waals surface area contributed by atoms with Crippen LogP contribution >= 0.6 is 15.9 Å². The average molecular weight is 309 g/mol. The van der Waals surface area contributed by atoms with Crippen molar-refractivity contribution in [2.45, 2.75) is 19.3 Å². The first-order valence-electron chi connectivity index (χ1n) is 5.98. The van der Waals surface area contributed by atoms with Crippen LogP contribution in [0.5, 0.6) is 0 Å². The Bertz CT molecular complexity index is 595. The zero-order valence-corrected chi connectivity index (χ0v) is 11.4. The number of hydrogen-bond acceptors (Lipinski definition) is 4. The molecule has 3 rings (SSSR count). The third-order valence-corrected chi connectivity index (χ3v) is 3.78. The van der Waals surface area contributed by atoms with Gasteiger partial charge in [0, 0.05) is 19.4 Å². The molecule has 1 fully saturated rings. The number of nitrogens with zero attached hydrogens (tertiary/aromatic N) is 3. The molecule has 0 amide bonds. The first-order chi connectivity index (χ1) is 8.72. The summed E-state index contributed by atoms with van der Waals surface area (Å²) in [5.41, 5.74) is 0.809. The van der Waals surface area contributed by atoms with E-state index < -0.39 is 0 Å². The number of anilines is 1. The molecule has 0 aromatic carbocycles. The predicted molar refractivity (Wildman–Crippen MR) is 71.5 cm³/mol. The highest BCUT2D eigenvalue weighted by Gasteiger charge is 2.21. The summed E-state index contributed by atoms with van der Waals surface area (Å²) in [6.07, 6.45) is 4.14. The number of ketones is 1. The lowest BCUT2D eigenvalue weighted by atomic mass is 10.1. The number of aromatic nitrogens is 3. The fraction of sp³-hybridized carbons (Fsp3) is 0.417. The van der Waals surface area contributed by atoms with E-state index in [1.54, 1.807) is 10.7 Å². The summed E-state index contributed by atoms with van der Waals surface area (Å²) in [4.78, 5) is 15.4. The maximum absolute atomic E-state index is 11.2. The van der Waals surface area contributed by atoms with Gasteiger partial charge in [0.05, 0.1) is 6.20 Å². The van der Waals surface area contributed by atoms with E-state index in [4.69, 9.17) is 0 Å². The lowest BCUT2D eigenvalue weighted by Gasteiger charge is -2.10. The smallest absolute Gasteiger partial charge is 0.154 e. The second-order valence-corrected chi connectivity index (χ2v) is 5.41. The van der Waals surface area contributed by atoms with E-state index in [1.807, 2.05) is 12.1 Å². The average Bonchev–Trinajstić information content (AvgIpc) is 2.94. The normalized spacial score (nSPS) is 19.6. The van der Waals surface area contributed by atoms with Crippen molar-refractivity contribution < 1.29 is 4.79 Å². The van der Waals surface area contributed by atoms with Gasteiger partial charge < -0.3 is 5.32 Å². The van der Waals surface area contributed by atoms with Gasteiger partial charge in [-0.1, -0.05) is 0 Å².